The standard InChI is InChI=1S/C14H11NO3/c16-9-12(15-14(17)18-15)8-11-6-3-5-10-4-1-2-7-13(10)11/h1-7,9,12H,8H2/t12-,15?/m0/s1. The molecule has 1 heterocycles. The summed E-state index contributed by atoms with van der Waals surface area (Å²) in [7, 11) is 0. The van der Waals surface area contributed by atoms with Crippen molar-refractivity contribution in [3.05, 3.63) is 48.0 Å². The molecule has 0 aliphatic carbocycles. The van der Waals surface area contributed by atoms with Crippen LogP contribution in [0.25, 0.3) is 10.8 Å². The Labute approximate surface area is 104 Å². The molecule has 0 radical (unpaired) electrons. The first-order valence-electron chi connectivity index (χ1n) is 5.72. The number of rotatable bonds is 4. The van der Waals surface area contributed by atoms with Crippen molar-refractivity contribution in [1.82, 2.24) is 5.06 Å². The zero-order valence-electron chi connectivity index (χ0n) is 9.58. The maximum absolute atomic E-state index is 11.0. The van der Waals surface area contributed by atoms with Crippen LogP contribution < -0.4 is 0 Å². The fourth-order valence-corrected chi connectivity index (χ4v) is 2.15. The Morgan fingerprint density at radius 3 is 2.61 bits per heavy atom. The second-order valence-corrected chi connectivity index (χ2v) is 4.23. The molecular formula is C14H11NO3. The molecule has 1 saturated heterocycles. The van der Waals surface area contributed by atoms with E-state index in [4.69, 9.17) is 0 Å². The number of hydroxylamine groups is 2. The van der Waals surface area contributed by atoms with Crippen molar-refractivity contribution in [3.8, 4) is 0 Å². The number of hydrogen-bond acceptors (Lipinski definition) is 3. The van der Waals surface area contributed by atoms with Gasteiger partial charge in [0.1, 0.15) is 12.3 Å². The summed E-state index contributed by atoms with van der Waals surface area (Å²) in [6.45, 7) is 0. The van der Waals surface area contributed by atoms with Gasteiger partial charge in [0.15, 0.2) is 0 Å². The molecule has 3 rings (SSSR count). The van der Waals surface area contributed by atoms with Gasteiger partial charge in [-0.25, -0.2) is 4.79 Å². The highest BCUT2D eigenvalue weighted by atomic mass is 16.9. The van der Waals surface area contributed by atoms with Gasteiger partial charge in [-0.1, -0.05) is 42.5 Å². The third kappa shape index (κ3) is 1.82. The average molecular weight is 241 g/mol. The van der Waals surface area contributed by atoms with Gasteiger partial charge in [-0.15, -0.1) is 5.06 Å². The third-order valence-electron chi connectivity index (χ3n) is 3.09. The molecule has 18 heavy (non-hydrogen) atoms. The summed E-state index contributed by atoms with van der Waals surface area (Å²) >= 11 is 0. The summed E-state index contributed by atoms with van der Waals surface area (Å²) < 4.78 is 0. The summed E-state index contributed by atoms with van der Waals surface area (Å²) in [5, 5.41) is 3.33. The Morgan fingerprint density at radius 2 is 1.89 bits per heavy atom. The first-order chi connectivity index (χ1) is 8.79. The van der Waals surface area contributed by atoms with Crippen LogP contribution >= 0.6 is 0 Å². The average Bonchev–Trinajstić information content (AvgIpc) is 3.13. The Bertz CT molecular complexity index is 618. The zero-order chi connectivity index (χ0) is 12.5. The highest BCUT2D eigenvalue weighted by Gasteiger charge is 2.41. The Kier molecular flexibility index (Phi) is 2.48. The summed E-state index contributed by atoms with van der Waals surface area (Å²) in [5.74, 6) is 0. The van der Waals surface area contributed by atoms with Crippen molar-refractivity contribution in [2.45, 2.75) is 12.5 Å². The van der Waals surface area contributed by atoms with Gasteiger partial charge in [0.2, 0.25) is 0 Å². The van der Waals surface area contributed by atoms with E-state index in [0.717, 1.165) is 27.7 Å². The minimum Gasteiger partial charge on any atom is -0.313 e. The van der Waals surface area contributed by atoms with E-state index in [1.54, 1.807) is 0 Å². The molecule has 0 bridgehead atoms. The fourth-order valence-electron chi connectivity index (χ4n) is 2.15. The largest absolute Gasteiger partial charge is 0.468 e. The van der Waals surface area contributed by atoms with Gasteiger partial charge in [-0.3, -0.25) is 0 Å². The van der Waals surface area contributed by atoms with E-state index in [1.807, 2.05) is 42.5 Å². The Balaban J connectivity index is 1.94. The smallest absolute Gasteiger partial charge is 0.313 e. The monoisotopic (exact) mass is 241 g/mol. The number of hydrogen-bond donors (Lipinski definition) is 0. The molecule has 4 heteroatoms. The van der Waals surface area contributed by atoms with Crippen LogP contribution in [0.5, 0.6) is 0 Å². The van der Waals surface area contributed by atoms with Gasteiger partial charge in [-0.2, -0.15) is 0 Å². The quantitative estimate of drug-likeness (QED) is 0.609. The van der Waals surface area contributed by atoms with E-state index in [9.17, 15) is 9.59 Å². The van der Waals surface area contributed by atoms with Gasteiger partial charge in [-0.05, 0) is 16.3 Å². The van der Waals surface area contributed by atoms with Gasteiger partial charge >= 0.3 is 6.09 Å². The van der Waals surface area contributed by atoms with E-state index in [-0.39, 0.29) is 0 Å². The van der Waals surface area contributed by atoms with Crippen LogP contribution in [-0.4, -0.2) is 23.5 Å². The predicted octanol–water partition coefficient (Wildman–Crippen LogP) is 2.32. The van der Waals surface area contributed by atoms with E-state index in [0.29, 0.717) is 6.42 Å². The number of carbonyl (C=O) groups excluding carboxylic acids is 2. The Hall–Kier alpha value is -2.36. The summed E-state index contributed by atoms with van der Waals surface area (Å²) in [5.41, 5.74) is 1.04. The summed E-state index contributed by atoms with van der Waals surface area (Å²) in [6, 6.07) is 13.4. The van der Waals surface area contributed by atoms with Crippen LogP contribution in [0, 0.1) is 0 Å². The van der Waals surface area contributed by atoms with Crippen LogP contribution in [0.3, 0.4) is 0 Å². The molecule has 0 N–H and O–H groups in total. The van der Waals surface area contributed by atoms with Crippen molar-refractivity contribution >= 4 is 23.2 Å². The van der Waals surface area contributed by atoms with Crippen LogP contribution in [0.4, 0.5) is 4.79 Å². The lowest BCUT2D eigenvalue weighted by Gasteiger charge is -2.09. The number of fused-ring (bicyclic) bond motifs is 1. The van der Waals surface area contributed by atoms with Gasteiger partial charge in [0.05, 0.1) is 0 Å². The molecule has 1 amide bonds. The summed E-state index contributed by atoms with van der Waals surface area (Å²) in [4.78, 5) is 26.5. The summed E-state index contributed by atoms with van der Waals surface area (Å²) in [6.07, 6.45) is 0.774. The molecule has 1 fully saturated rings. The molecule has 90 valence electrons. The first kappa shape index (κ1) is 10.8. The second-order valence-electron chi connectivity index (χ2n) is 4.23. The number of nitrogens with zero attached hydrogens (tertiary/aromatic N) is 1. The lowest BCUT2D eigenvalue weighted by molar-refractivity contribution is -0.112. The van der Waals surface area contributed by atoms with Crippen molar-refractivity contribution < 1.29 is 14.4 Å². The molecule has 0 saturated carbocycles. The van der Waals surface area contributed by atoms with Gasteiger partial charge < -0.3 is 9.63 Å². The SMILES string of the molecule is O=C[C@H](Cc1cccc2ccccc12)N1OC1=O. The number of aldehydes is 1. The Morgan fingerprint density at radius 1 is 1.17 bits per heavy atom. The molecule has 0 spiro atoms. The van der Waals surface area contributed by atoms with Crippen molar-refractivity contribution in [2.75, 3.05) is 0 Å². The van der Waals surface area contributed by atoms with E-state index in [2.05, 4.69) is 4.84 Å². The lowest BCUT2D eigenvalue weighted by atomic mass is 9.99. The van der Waals surface area contributed by atoms with Crippen LogP contribution in [0.1, 0.15) is 5.56 Å². The van der Waals surface area contributed by atoms with Crippen LogP contribution in [0.2, 0.25) is 0 Å². The van der Waals surface area contributed by atoms with E-state index in [1.165, 1.54) is 0 Å². The molecule has 1 aliphatic rings. The molecule has 0 unspecified atom stereocenters. The predicted molar refractivity (Wildman–Crippen MR) is 65.8 cm³/mol. The highest BCUT2D eigenvalue weighted by molar-refractivity contribution is 5.86. The van der Waals surface area contributed by atoms with Gasteiger partial charge in [0.25, 0.3) is 0 Å². The number of carbonyl (C=O) groups is 2. The second kappa shape index (κ2) is 4.14. The molecule has 1 aliphatic heterocycles. The van der Waals surface area contributed by atoms with Crippen molar-refractivity contribution in [2.24, 2.45) is 0 Å². The molecule has 4 nitrogen and oxygen atoms in total. The number of amides is 1. The zero-order valence-corrected chi connectivity index (χ0v) is 9.58. The normalized spacial score (nSPS) is 15.3. The van der Waals surface area contributed by atoms with Crippen LogP contribution in [0.15, 0.2) is 42.5 Å². The van der Waals surface area contributed by atoms with Crippen LogP contribution in [-0.2, 0) is 16.1 Å². The molecular weight excluding hydrogens is 230 g/mol. The highest BCUT2D eigenvalue weighted by Crippen LogP contribution is 2.24. The molecule has 2 aromatic rings. The molecule has 2 aromatic carbocycles. The minimum atomic E-state index is -0.539. The van der Waals surface area contributed by atoms with Crippen molar-refractivity contribution in [3.63, 3.8) is 0 Å². The molecule has 1 atom stereocenters. The first-order valence-corrected chi connectivity index (χ1v) is 5.72. The maximum Gasteiger partial charge on any atom is 0.468 e. The number of benzene rings is 2. The third-order valence-corrected chi connectivity index (χ3v) is 3.09. The van der Waals surface area contributed by atoms with Gasteiger partial charge in [0, 0.05) is 6.42 Å². The lowest BCUT2D eigenvalue weighted by Crippen LogP contribution is -2.23. The van der Waals surface area contributed by atoms with Crippen molar-refractivity contribution in [1.29, 1.82) is 0 Å². The van der Waals surface area contributed by atoms with E-state index >= 15 is 0 Å². The van der Waals surface area contributed by atoms with E-state index < -0.39 is 12.1 Å². The maximum atomic E-state index is 11.0. The minimum absolute atomic E-state index is 0.438. The fraction of sp³-hybridized carbons (Fsp3) is 0.143. The topological polar surface area (TPSA) is 49.7 Å². The molecule has 0 aromatic heterocycles.